The van der Waals surface area contributed by atoms with E-state index in [9.17, 15) is 0 Å². The van der Waals surface area contributed by atoms with Crippen LogP contribution < -0.4 is 41.1 Å². The molecule has 0 fully saturated rings. The molecule has 0 saturated carbocycles. The lowest BCUT2D eigenvalue weighted by Crippen LogP contribution is -2.49. The zero-order valence-corrected chi connectivity index (χ0v) is 43.5. The predicted octanol–water partition coefficient (Wildman–Crippen LogP) is 13.9. The first-order chi connectivity index (χ1) is 29.2. The number of para-hydroxylation sites is 2. The van der Waals surface area contributed by atoms with Crippen LogP contribution in [0.15, 0.2) is 97.1 Å². The lowest BCUT2D eigenvalue weighted by Gasteiger charge is -2.43. The quantitative estimate of drug-likeness (QED) is 0.0401. The topological polar surface area (TPSA) is 21.7 Å². The van der Waals surface area contributed by atoms with Gasteiger partial charge in [-0.05, 0) is 48.7 Å². The van der Waals surface area contributed by atoms with Crippen molar-refractivity contribution in [3.63, 3.8) is 0 Å². The molecule has 0 aliphatic rings. The van der Waals surface area contributed by atoms with E-state index in [1.807, 2.05) is 14.2 Å². The van der Waals surface area contributed by atoms with E-state index in [4.69, 9.17) is 9.47 Å². The molecule has 7 heteroatoms. The van der Waals surface area contributed by atoms with Crippen molar-refractivity contribution in [1.29, 1.82) is 0 Å². The van der Waals surface area contributed by atoms with E-state index >= 15 is 0 Å². The standard InChI is InChI=1S/C53H83NO2P2Si2/c1-11-17-37-59(38-18-12-2,39-19-13-3)48-31-27-29-46(43-48)57(52-35-25-23-33-50(52)55-9)54(45(7)8)58(53-36-26-24-34-51(53)56-10)47-30-28-32-49(44-47)60(40-20-14-4,41-21-15-5)42-22-16-6/h23-36,43-45H,11-22,37-42H2,1-10H3. The highest BCUT2D eigenvalue weighted by Crippen LogP contribution is 2.58. The highest BCUT2D eigenvalue weighted by Gasteiger charge is 2.40. The van der Waals surface area contributed by atoms with Crippen LogP contribution in [0.5, 0.6) is 11.5 Å². The number of unbranched alkanes of at least 4 members (excludes halogenated alkanes) is 6. The van der Waals surface area contributed by atoms with Gasteiger partial charge in [-0.2, -0.15) is 0 Å². The number of nitrogens with zero attached hydrogens (tertiary/aromatic N) is 1. The van der Waals surface area contributed by atoms with Crippen LogP contribution in [0.1, 0.15) is 132 Å². The maximum atomic E-state index is 6.33. The second-order valence-corrected chi connectivity index (χ2v) is 31.4. The van der Waals surface area contributed by atoms with E-state index in [0.717, 1.165) is 11.5 Å². The molecule has 0 spiro atoms. The molecule has 2 unspecified atom stereocenters. The summed E-state index contributed by atoms with van der Waals surface area (Å²) in [6.07, 6.45) is 15.6. The summed E-state index contributed by atoms with van der Waals surface area (Å²) in [7, 11) is -1.91. The van der Waals surface area contributed by atoms with Gasteiger partial charge in [0.15, 0.2) is 0 Å². The molecule has 0 heterocycles. The van der Waals surface area contributed by atoms with Gasteiger partial charge in [-0.1, -0.05) is 238 Å². The van der Waals surface area contributed by atoms with Gasteiger partial charge in [0.05, 0.1) is 30.4 Å². The largest absolute Gasteiger partial charge is 0.496 e. The Bertz CT molecular complexity index is 1650. The zero-order chi connectivity index (χ0) is 43.4. The van der Waals surface area contributed by atoms with E-state index in [2.05, 4.69) is 157 Å². The lowest BCUT2D eigenvalue weighted by molar-refractivity contribution is 0.417. The van der Waals surface area contributed by atoms with Gasteiger partial charge in [-0.15, -0.1) is 0 Å². The fraction of sp³-hybridized carbons (Fsp3) is 0.547. The molecule has 4 aromatic rings. The second kappa shape index (κ2) is 26.4. The Morgan fingerprint density at radius 3 is 1.05 bits per heavy atom. The fourth-order valence-electron chi connectivity index (χ4n) is 9.54. The van der Waals surface area contributed by atoms with E-state index in [1.54, 1.807) is 10.4 Å². The zero-order valence-electron chi connectivity index (χ0n) is 39.7. The van der Waals surface area contributed by atoms with E-state index in [-0.39, 0.29) is 6.04 Å². The minimum absolute atomic E-state index is 0.244. The molecule has 0 saturated heterocycles. The van der Waals surface area contributed by atoms with Gasteiger partial charge < -0.3 is 9.47 Å². The molecule has 3 nitrogen and oxygen atoms in total. The van der Waals surface area contributed by atoms with E-state index < -0.39 is 32.3 Å². The predicted molar refractivity (Wildman–Crippen MR) is 277 cm³/mol. The third kappa shape index (κ3) is 12.9. The molecule has 0 aliphatic carbocycles. The normalized spacial score (nSPS) is 13.2. The van der Waals surface area contributed by atoms with Crippen molar-refractivity contribution >= 4 is 63.9 Å². The van der Waals surface area contributed by atoms with Gasteiger partial charge >= 0.3 is 0 Å². The highest BCUT2D eigenvalue weighted by molar-refractivity contribution is 7.85. The van der Waals surface area contributed by atoms with Crippen molar-refractivity contribution < 1.29 is 9.47 Å². The van der Waals surface area contributed by atoms with Gasteiger partial charge in [-0.3, -0.25) is 0 Å². The average molecular weight is 884 g/mol. The van der Waals surface area contributed by atoms with Crippen molar-refractivity contribution in [2.45, 2.75) is 175 Å². The Hall–Kier alpha value is -2.27. The highest BCUT2D eigenvalue weighted by atomic mass is 31.2. The first-order valence-electron chi connectivity index (χ1n) is 24.1. The fourth-order valence-corrected chi connectivity index (χ4v) is 27.5. The Morgan fingerprint density at radius 1 is 0.450 bits per heavy atom. The first-order valence-corrected chi connectivity index (χ1v) is 31.9. The Balaban J connectivity index is 2.10. The summed E-state index contributed by atoms with van der Waals surface area (Å²) in [6, 6.07) is 46.9. The van der Waals surface area contributed by atoms with Gasteiger partial charge in [-0.25, -0.2) is 4.44 Å². The molecule has 330 valence electrons. The summed E-state index contributed by atoms with van der Waals surface area (Å²) in [5, 5.41) is 8.89. The summed E-state index contributed by atoms with van der Waals surface area (Å²) >= 11 is 0. The second-order valence-electron chi connectivity index (χ2n) is 17.7. The lowest BCUT2D eigenvalue weighted by atomic mass is 10.3. The first kappa shape index (κ1) is 50.4. The summed E-state index contributed by atoms with van der Waals surface area (Å²) in [5.74, 6) is 1.97. The third-order valence-corrected chi connectivity index (χ3v) is 29.9. The molecule has 0 bridgehead atoms. The number of methoxy groups -OCH3 is 2. The summed E-state index contributed by atoms with van der Waals surface area (Å²) in [4.78, 5) is 0. The summed E-state index contributed by atoms with van der Waals surface area (Å²) < 4.78 is 15.6. The van der Waals surface area contributed by atoms with Crippen LogP contribution in [0.2, 0.25) is 36.3 Å². The van der Waals surface area contributed by atoms with Crippen LogP contribution >= 0.6 is 16.1 Å². The summed E-state index contributed by atoms with van der Waals surface area (Å²) in [5.41, 5.74) is 0. The van der Waals surface area contributed by atoms with Crippen LogP contribution in [0.3, 0.4) is 0 Å². The minimum atomic E-state index is -1.78. The molecule has 0 radical (unpaired) electrons. The van der Waals surface area contributed by atoms with Crippen LogP contribution in [-0.4, -0.2) is 40.9 Å². The average Bonchev–Trinajstić information content (AvgIpc) is 3.29. The van der Waals surface area contributed by atoms with Gasteiger partial charge in [0.1, 0.15) is 11.5 Å². The Labute approximate surface area is 373 Å². The van der Waals surface area contributed by atoms with Gasteiger partial charge in [0.25, 0.3) is 0 Å². The molecular weight excluding hydrogens is 801 g/mol. The van der Waals surface area contributed by atoms with Crippen LogP contribution in [0.4, 0.5) is 0 Å². The van der Waals surface area contributed by atoms with Crippen molar-refractivity contribution in [3.8, 4) is 11.5 Å². The van der Waals surface area contributed by atoms with Crippen molar-refractivity contribution in [2.24, 2.45) is 0 Å². The van der Waals surface area contributed by atoms with Crippen LogP contribution in [-0.2, 0) is 0 Å². The van der Waals surface area contributed by atoms with Gasteiger partial charge in [0, 0.05) is 32.8 Å². The molecular formula is C53H83NO2P2Si2. The SMILES string of the molecule is CCCC[Si](CCCC)(CCCC)c1cccc(P(c2ccccc2OC)N(C(C)C)P(c2cccc([Si](CCCC)(CCCC)CCCC)c2)c2ccccc2OC)c1. The number of rotatable bonds is 29. The maximum absolute atomic E-state index is 6.33. The molecule has 4 rings (SSSR count). The van der Waals surface area contributed by atoms with E-state index in [1.165, 1.54) is 135 Å². The molecule has 0 amide bonds. The molecule has 4 aromatic carbocycles. The van der Waals surface area contributed by atoms with Gasteiger partial charge in [0.2, 0.25) is 0 Å². The molecule has 0 aromatic heterocycles. The summed E-state index contributed by atoms with van der Waals surface area (Å²) in [6.45, 7) is 19.2. The molecule has 60 heavy (non-hydrogen) atoms. The number of benzene rings is 4. The molecule has 0 aliphatic heterocycles. The maximum Gasteiger partial charge on any atom is 0.128 e. The monoisotopic (exact) mass is 884 g/mol. The molecule has 0 N–H and O–H groups in total. The minimum Gasteiger partial charge on any atom is -0.496 e. The Morgan fingerprint density at radius 2 is 0.767 bits per heavy atom. The van der Waals surface area contributed by atoms with Crippen LogP contribution in [0, 0.1) is 0 Å². The van der Waals surface area contributed by atoms with E-state index in [0.29, 0.717) is 0 Å². The third-order valence-electron chi connectivity index (χ3n) is 13.0. The smallest absolute Gasteiger partial charge is 0.128 e. The number of hydrogen-bond donors (Lipinski definition) is 0. The molecule has 2 atom stereocenters. The number of hydrogen-bond acceptors (Lipinski definition) is 3. The van der Waals surface area contributed by atoms with Crippen LogP contribution in [0.25, 0.3) is 0 Å². The van der Waals surface area contributed by atoms with Crippen molar-refractivity contribution in [2.75, 3.05) is 14.2 Å². The Kier molecular flexibility index (Phi) is 22.2. The number of ether oxygens (including phenoxy) is 2. The van der Waals surface area contributed by atoms with Crippen molar-refractivity contribution in [3.05, 3.63) is 97.1 Å². The van der Waals surface area contributed by atoms with Crippen molar-refractivity contribution in [1.82, 2.24) is 4.44 Å².